The van der Waals surface area contributed by atoms with Crippen LogP contribution in [-0.2, 0) is 17.9 Å². The van der Waals surface area contributed by atoms with Gasteiger partial charge in [-0.25, -0.2) is 9.97 Å². The zero-order valence-electron chi connectivity index (χ0n) is 16.9. The number of anilines is 1. The molecule has 1 amide bonds. The third-order valence-electron chi connectivity index (χ3n) is 5.11. The zero-order chi connectivity index (χ0) is 21.3. The van der Waals surface area contributed by atoms with Crippen LogP contribution in [-0.4, -0.2) is 56.5 Å². The van der Waals surface area contributed by atoms with Gasteiger partial charge in [0.15, 0.2) is 5.65 Å². The quantitative estimate of drug-likeness (QED) is 0.508. The van der Waals surface area contributed by atoms with Crippen LogP contribution < -0.4 is 10.6 Å². The van der Waals surface area contributed by atoms with Crippen molar-refractivity contribution < 1.29 is 14.7 Å². The zero-order valence-corrected chi connectivity index (χ0v) is 16.9. The van der Waals surface area contributed by atoms with Crippen molar-refractivity contribution in [3.05, 3.63) is 53.0 Å². The molecule has 0 bridgehead atoms. The van der Waals surface area contributed by atoms with Gasteiger partial charge in [-0.3, -0.25) is 9.59 Å². The molecule has 9 heteroatoms. The molecule has 1 aliphatic heterocycles. The molecular formula is C21H24N6O3. The number of carbonyl (C=O) groups excluding carboxylic acids is 1. The van der Waals surface area contributed by atoms with Crippen molar-refractivity contribution >= 4 is 28.7 Å². The average molecular weight is 408 g/mol. The molecule has 3 heterocycles. The van der Waals surface area contributed by atoms with Gasteiger partial charge in [0.25, 0.3) is 5.91 Å². The van der Waals surface area contributed by atoms with E-state index < -0.39 is 5.97 Å². The second-order valence-electron chi connectivity index (χ2n) is 7.61. The summed E-state index contributed by atoms with van der Waals surface area (Å²) in [4.78, 5) is 37.6. The van der Waals surface area contributed by atoms with Crippen LogP contribution >= 0.6 is 0 Å². The van der Waals surface area contributed by atoms with Crippen molar-refractivity contribution in [2.24, 2.45) is 0 Å². The summed E-state index contributed by atoms with van der Waals surface area (Å²) in [5, 5.41) is 15.5. The Hall–Kier alpha value is -3.46. The Morgan fingerprint density at radius 1 is 1.23 bits per heavy atom. The number of rotatable bonds is 5. The van der Waals surface area contributed by atoms with Gasteiger partial charge in [0.2, 0.25) is 0 Å². The van der Waals surface area contributed by atoms with E-state index in [-0.39, 0.29) is 18.4 Å². The minimum Gasteiger partial charge on any atom is -0.481 e. The Morgan fingerprint density at radius 3 is 2.87 bits per heavy atom. The van der Waals surface area contributed by atoms with Gasteiger partial charge >= 0.3 is 5.97 Å². The molecule has 1 aromatic carbocycles. The monoisotopic (exact) mass is 408 g/mol. The molecule has 3 aromatic rings. The standard InChI is InChI=1S/C21H24N6O3/c1-12-3-5-17-20(23-12)26-18(25-17)11-27(2)21(30)13-4-6-16-14(7-13)9-22-10-15(24-16)8-19(28)29/h3-7,15,22,24H,8-11H2,1-2H3,(H,28,29)(H,23,25,26)/t15-/m0/s1. The third kappa shape index (κ3) is 4.25. The average Bonchev–Trinajstić information content (AvgIpc) is 2.97. The normalized spacial score (nSPS) is 15.9. The van der Waals surface area contributed by atoms with Crippen molar-refractivity contribution in [3.63, 3.8) is 0 Å². The van der Waals surface area contributed by atoms with Crippen LogP contribution in [0, 0.1) is 6.92 Å². The van der Waals surface area contributed by atoms with E-state index in [4.69, 9.17) is 5.11 Å². The van der Waals surface area contributed by atoms with Crippen LogP contribution in [0.1, 0.15) is 33.9 Å². The van der Waals surface area contributed by atoms with Gasteiger partial charge in [0, 0.05) is 43.1 Å². The molecule has 4 N–H and O–H groups in total. The highest BCUT2D eigenvalue weighted by molar-refractivity contribution is 5.94. The number of nitrogens with one attached hydrogen (secondary N) is 3. The highest BCUT2D eigenvalue weighted by atomic mass is 16.4. The molecule has 30 heavy (non-hydrogen) atoms. The Balaban J connectivity index is 1.48. The maximum Gasteiger partial charge on any atom is 0.305 e. The van der Waals surface area contributed by atoms with E-state index in [1.165, 1.54) is 0 Å². The van der Waals surface area contributed by atoms with Crippen molar-refractivity contribution in [1.29, 1.82) is 0 Å². The molecule has 9 nitrogen and oxygen atoms in total. The number of aliphatic carboxylic acids is 1. The fraction of sp³-hybridized carbons (Fsp3) is 0.333. The number of benzene rings is 1. The van der Waals surface area contributed by atoms with Crippen molar-refractivity contribution in [2.75, 3.05) is 18.9 Å². The van der Waals surface area contributed by atoms with E-state index in [1.54, 1.807) is 18.0 Å². The van der Waals surface area contributed by atoms with Crippen LogP contribution in [0.25, 0.3) is 11.2 Å². The number of hydrogen-bond donors (Lipinski definition) is 4. The number of aromatic amines is 1. The van der Waals surface area contributed by atoms with Crippen molar-refractivity contribution in [1.82, 2.24) is 25.2 Å². The van der Waals surface area contributed by atoms with Crippen molar-refractivity contribution in [3.8, 4) is 0 Å². The summed E-state index contributed by atoms with van der Waals surface area (Å²) >= 11 is 0. The summed E-state index contributed by atoms with van der Waals surface area (Å²) in [7, 11) is 1.74. The summed E-state index contributed by atoms with van der Waals surface area (Å²) in [5.74, 6) is -0.288. The number of pyridine rings is 1. The number of carbonyl (C=O) groups is 2. The van der Waals surface area contributed by atoms with Gasteiger partial charge in [-0.05, 0) is 42.8 Å². The molecule has 2 aromatic heterocycles. The fourth-order valence-corrected chi connectivity index (χ4v) is 3.63. The second-order valence-corrected chi connectivity index (χ2v) is 7.61. The predicted octanol–water partition coefficient (Wildman–Crippen LogP) is 1.90. The summed E-state index contributed by atoms with van der Waals surface area (Å²) in [6.45, 7) is 3.36. The van der Waals surface area contributed by atoms with Crippen LogP contribution in [0.5, 0.6) is 0 Å². The molecule has 0 saturated heterocycles. The number of imidazole rings is 1. The maximum atomic E-state index is 12.9. The summed E-state index contributed by atoms with van der Waals surface area (Å²) in [5.41, 5.74) is 4.73. The lowest BCUT2D eigenvalue weighted by Crippen LogP contribution is -2.31. The molecule has 1 aliphatic rings. The molecule has 156 valence electrons. The minimum absolute atomic E-state index is 0.0295. The number of fused-ring (bicyclic) bond motifs is 2. The van der Waals surface area contributed by atoms with Crippen LogP contribution in [0.4, 0.5) is 5.69 Å². The number of H-pyrrole nitrogens is 1. The van der Waals surface area contributed by atoms with Gasteiger partial charge < -0.3 is 25.6 Å². The number of amides is 1. The number of carboxylic acid groups (broad SMARTS) is 1. The largest absolute Gasteiger partial charge is 0.481 e. The maximum absolute atomic E-state index is 12.9. The van der Waals surface area contributed by atoms with Crippen molar-refractivity contribution in [2.45, 2.75) is 32.5 Å². The second kappa shape index (κ2) is 8.11. The lowest BCUT2D eigenvalue weighted by atomic mass is 10.1. The molecule has 0 radical (unpaired) electrons. The SMILES string of the molecule is Cc1ccc2[nH]c(CN(C)C(=O)c3ccc4c(c3)CNC[C@H](CC(=O)O)N4)nc2n1. The van der Waals surface area contributed by atoms with Gasteiger partial charge in [0.05, 0.1) is 18.5 Å². The molecule has 0 fully saturated rings. The van der Waals surface area contributed by atoms with Gasteiger partial charge in [-0.15, -0.1) is 0 Å². The van der Waals surface area contributed by atoms with Gasteiger partial charge in [0.1, 0.15) is 5.82 Å². The number of hydrogen-bond acceptors (Lipinski definition) is 6. The third-order valence-corrected chi connectivity index (χ3v) is 5.11. The highest BCUT2D eigenvalue weighted by Gasteiger charge is 2.20. The molecule has 0 unspecified atom stereocenters. The first-order valence-electron chi connectivity index (χ1n) is 9.78. The summed E-state index contributed by atoms with van der Waals surface area (Å²) in [6, 6.07) is 9.10. The first kappa shape index (κ1) is 19.8. The topological polar surface area (TPSA) is 123 Å². The lowest BCUT2D eigenvalue weighted by molar-refractivity contribution is -0.137. The van der Waals surface area contributed by atoms with Crippen LogP contribution in [0.2, 0.25) is 0 Å². The van der Waals surface area contributed by atoms with Gasteiger partial charge in [-0.2, -0.15) is 0 Å². The van der Waals surface area contributed by atoms with Crippen LogP contribution in [0.15, 0.2) is 30.3 Å². The Kier molecular flexibility index (Phi) is 5.37. The minimum atomic E-state index is -0.845. The Labute approximate surface area is 173 Å². The van der Waals surface area contributed by atoms with E-state index in [2.05, 4.69) is 25.6 Å². The summed E-state index contributed by atoms with van der Waals surface area (Å²) in [6.07, 6.45) is 0.0295. The van der Waals surface area contributed by atoms with E-state index in [0.29, 0.717) is 36.7 Å². The van der Waals surface area contributed by atoms with E-state index >= 15 is 0 Å². The summed E-state index contributed by atoms with van der Waals surface area (Å²) < 4.78 is 0. The number of aromatic nitrogens is 3. The van der Waals surface area contributed by atoms with E-state index in [0.717, 1.165) is 22.5 Å². The lowest BCUT2D eigenvalue weighted by Gasteiger charge is -2.18. The molecule has 0 aliphatic carbocycles. The molecular weight excluding hydrogens is 384 g/mol. The van der Waals surface area contributed by atoms with Crippen LogP contribution in [0.3, 0.4) is 0 Å². The predicted molar refractivity (Wildman–Crippen MR) is 112 cm³/mol. The first-order valence-corrected chi connectivity index (χ1v) is 9.78. The molecule has 1 atom stereocenters. The Bertz CT molecular complexity index is 1110. The number of carboxylic acids is 1. The molecule has 0 saturated carbocycles. The molecule has 4 rings (SSSR count). The number of aryl methyl sites for hydroxylation is 1. The Morgan fingerprint density at radius 2 is 2.07 bits per heavy atom. The number of nitrogens with zero attached hydrogens (tertiary/aromatic N) is 3. The molecule has 0 spiro atoms. The fourth-order valence-electron chi connectivity index (χ4n) is 3.63. The highest BCUT2D eigenvalue weighted by Crippen LogP contribution is 2.22. The van der Waals surface area contributed by atoms with E-state index in [9.17, 15) is 9.59 Å². The van der Waals surface area contributed by atoms with Gasteiger partial charge in [-0.1, -0.05) is 0 Å². The van der Waals surface area contributed by atoms with E-state index in [1.807, 2.05) is 31.2 Å². The smallest absolute Gasteiger partial charge is 0.305 e. The first-order chi connectivity index (χ1) is 14.4.